The van der Waals surface area contributed by atoms with E-state index < -0.39 is 32.0 Å². The number of ether oxygens (including phenoxy) is 2. The summed E-state index contributed by atoms with van der Waals surface area (Å²) in [5, 5.41) is 12.9. The number of H-pyrrole nitrogens is 1. The van der Waals surface area contributed by atoms with Crippen LogP contribution in [0, 0.1) is 32.3 Å². The average molecular weight is 868 g/mol. The van der Waals surface area contributed by atoms with Crippen molar-refractivity contribution in [3.8, 4) is 17.2 Å². The van der Waals surface area contributed by atoms with Gasteiger partial charge in [-0.25, -0.2) is 13.4 Å². The number of hydrogen-bond donors (Lipinski definition) is 1. The fourth-order valence-corrected chi connectivity index (χ4v) is 13.5. The minimum absolute atomic E-state index is 0.0272. The van der Waals surface area contributed by atoms with Crippen molar-refractivity contribution >= 4 is 49.6 Å². The van der Waals surface area contributed by atoms with Crippen LogP contribution in [-0.2, 0) is 9.84 Å². The molecule has 0 atom stereocenters. The molecular formula is C47H54ClN5O7S. The molecule has 1 saturated heterocycles. The molecule has 11 rings (SSSR count). The molecule has 61 heavy (non-hydrogen) atoms. The number of nitrogens with one attached hydrogen (secondary N) is 1. The number of carbonyl (C=O) groups is 1. The number of nitrogens with zero attached hydrogens (tertiary/aromatic N) is 4. The van der Waals surface area contributed by atoms with E-state index in [0.717, 1.165) is 88.4 Å². The number of halogens is 1. The van der Waals surface area contributed by atoms with E-state index in [9.17, 15) is 23.3 Å². The Kier molecular flexibility index (Phi) is 9.87. The molecule has 4 aromatic rings. The average Bonchev–Trinajstić information content (AvgIpc) is 3.64. The first-order valence-corrected chi connectivity index (χ1v) is 23.9. The van der Waals surface area contributed by atoms with Crippen LogP contribution in [0.3, 0.4) is 0 Å². The third-order valence-corrected chi connectivity index (χ3v) is 17.0. The number of pyridine rings is 1. The van der Waals surface area contributed by atoms with E-state index in [-0.39, 0.29) is 26.8 Å². The fourth-order valence-electron chi connectivity index (χ4n) is 11.5. The number of carbonyl (C=O) groups excluding carboxylic acids is 1. The molecular weight excluding hydrogens is 814 g/mol. The molecule has 2 aromatic carbocycles. The zero-order valence-electron chi connectivity index (χ0n) is 35.0. The number of Topliss-reactive ketones (excluding diaryl/α,β-unsaturated/α-hetero) is 1. The van der Waals surface area contributed by atoms with Gasteiger partial charge in [-0.05, 0) is 123 Å². The minimum atomic E-state index is -4.30. The van der Waals surface area contributed by atoms with E-state index in [0.29, 0.717) is 40.2 Å². The number of sulfone groups is 1. The summed E-state index contributed by atoms with van der Waals surface area (Å²) in [6.45, 7) is 9.46. The zero-order valence-corrected chi connectivity index (χ0v) is 36.6. The van der Waals surface area contributed by atoms with Gasteiger partial charge in [0.15, 0.2) is 21.4 Å². The number of nitro groups is 1. The first-order valence-electron chi connectivity index (χ1n) is 21.9. The first-order chi connectivity index (χ1) is 29.1. The van der Waals surface area contributed by atoms with Gasteiger partial charge in [-0.3, -0.25) is 19.8 Å². The van der Waals surface area contributed by atoms with Crippen molar-refractivity contribution in [2.45, 2.75) is 94.2 Å². The molecule has 1 spiro atoms. The lowest BCUT2D eigenvalue weighted by atomic mass is 9.39. The summed E-state index contributed by atoms with van der Waals surface area (Å²) in [6.07, 6.45) is 16.1. The van der Waals surface area contributed by atoms with Crippen LogP contribution in [0.1, 0.15) is 94.8 Å². The van der Waals surface area contributed by atoms with E-state index in [1.165, 1.54) is 44.2 Å². The van der Waals surface area contributed by atoms with Gasteiger partial charge < -0.3 is 19.4 Å². The molecule has 0 radical (unpaired) electrons. The molecule has 322 valence electrons. The smallest absolute Gasteiger partial charge is 0.312 e. The maximum atomic E-state index is 14.0. The van der Waals surface area contributed by atoms with Crippen LogP contribution < -0.4 is 14.4 Å². The normalized spacial score (nSPS) is 25.7. The third-order valence-electron chi connectivity index (χ3n) is 15.0. The topological polar surface area (TPSA) is 148 Å². The van der Waals surface area contributed by atoms with Crippen LogP contribution in [0.4, 0.5) is 11.4 Å². The van der Waals surface area contributed by atoms with E-state index in [4.69, 9.17) is 21.1 Å². The highest BCUT2D eigenvalue weighted by molar-refractivity contribution is 7.92. The molecule has 1 aliphatic heterocycles. The van der Waals surface area contributed by atoms with Gasteiger partial charge in [0.25, 0.3) is 0 Å². The van der Waals surface area contributed by atoms with Gasteiger partial charge >= 0.3 is 5.69 Å². The maximum Gasteiger partial charge on any atom is 0.312 e. The SMILES string of the molecule is CC1(C)CCC(CN2CCN(c3ccc(C(=O)CS(=O)(=O)c4ccc(OCC5CC6(CCC6)C5)c([N+](=O)[O-])c4)c(Oc4cnc5[nH]ccc5c4)c3)CC2)=C(C23CC(Cl)(C2)C3)C1. The number of allylic oxidation sites excluding steroid dienone is 1. The van der Waals surface area contributed by atoms with Gasteiger partial charge in [0.2, 0.25) is 0 Å². The Labute approximate surface area is 362 Å². The summed E-state index contributed by atoms with van der Waals surface area (Å²) in [5.74, 6) is -0.628. The van der Waals surface area contributed by atoms with Crippen molar-refractivity contribution in [1.29, 1.82) is 0 Å². The van der Waals surface area contributed by atoms with Crippen molar-refractivity contribution in [3.63, 3.8) is 0 Å². The van der Waals surface area contributed by atoms with Gasteiger partial charge in [0, 0.05) is 67.0 Å². The standard InChI is InChI=1S/C47H54ClN5O7S/c1-44(2)12-8-33(38(23-44)46-28-47(48,29-46)30-46)25-51-14-16-52(17-15-51)34-4-6-37(42(19-34)60-35-18-32-9-13-49-43(32)50-24-35)40(54)27-61(57,58)36-5-7-41(39(20-36)53(55)56)59-26-31-21-45(22-31)10-3-11-45/h4-7,9,13,18-20,24,31H,3,8,10-12,14-17,21-23,25-30H2,1-2H3,(H,49,50). The van der Waals surface area contributed by atoms with Crippen molar-refractivity contribution in [2.24, 2.45) is 22.2 Å². The second kappa shape index (κ2) is 14.8. The summed E-state index contributed by atoms with van der Waals surface area (Å²) in [4.78, 5) is 37.6. The number of anilines is 1. The molecule has 12 nitrogen and oxygen atoms in total. The molecule has 0 unspecified atom stereocenters. The molecule has 1 N–H and O–H groups in total. The minimum Gasteiger partial charge on any atom is -0.487 e. The molecule has 2 bridgehead atoms. The van der Waals surface area contributed by atoms with Crippen molar-refractivity contribution < 1.29 is 27.6 Å². The molecule has 5 saturated carbocycles. The number of hydrogen-bond acceptors (Lipinski definition) is 10. The third kappa shape index (κ3) is 7.73. The summed E-state index contributed by atoms with van der Waals surface area (Å²) in [7, 11) is -4.30. The number of ketones is 1. The predicted molar refractivity (Wildman–Crippen MR) is 235 cm³/mol. The van der Waals surface area contributed by atoms with E-state index in [1.54, 1.807) is 35.7 Å². The number of nitro benzene ring substituents is 1. The van der Waals surface area contributed by atoms with Crippen LogP contribution in [0.25, 0.3) is 11.0 Å². The first kappa shape index (κ1) is 40.6. The predicted octanol–water partition coefficient (Wildman–Crippen LogP) is 9.67. The molecule has 6 fully saturated rings. The number of alkyl halides is 1. The number of piperazine rings is 1. The van der Waals surface area contributed by atoms with Gasteiger partial charge in [-0.2, -0.15) is 0 Å². The number of aromatic nitrogens is 2. The second-order valence-electron chi connectivity index (χ2n) is 20.0. The van der Waals surface area contributed by atoms with Crippen LogP contribution in [0.15, 0.2) is 77.0 Å². The Morgan fingerprint density at radius 2 is 1.77 bits per heavy atom. The number of rotatable bonds is 14. The monoisotopic (exact) mass is 867 g/mol. The Hall–Kier alpha value is -4.46. The Bertz CT molecular complexity index is 2550. The van der Waals surface area contributed by atoms with Crippen LogP contribution in [0.5, 0.6) is 17.2 Å². The van der Waals surface area contributed by atoms with Gasteiger partial charge in [-0.1, -0.05) is 31.4 Å². The highest BCUT2D eigenvalue weighted by Crippen LogP contribution is 2.75. The molecule has 2 aromatic heterocycles. The lowest BCUT2D eigenvalue weighted by Crippen LogP contribution is -2.65. The van der Waals surface area contributed by atoms with E-state index in [2.05, 4.69) is 33.6 Å². The van der Waals surface area contributed by atoms with Crippen molar-refractivity contribution in [3.05, 3.63) is 87.7 Å². The quantitative estimate of drug-likeness (QED) is 0.0427. The van der Waals surface area contributed by atoms with E-state index >= 15 is 0 Å². The molecule has 0 amide bonds. The molecule has 7 aliphatic rings. The van der Waals surface area contributed by atoms with Crippen LogP contribution in [-0.4, -0.2) is 83.9 Å². The zero-order chi connectivity index (χ0) is 42.4. The molecule has 6 aliphatic carbocycles. The number of fused-ring (bicyclic) bond motifs is 1. The largest absolute Gasteiger partial charge is 0.487 e. The second-order valence-corrected chi connectivity index (χ2v) is 22.8. The summed E-state index contributed by atoms with van der Waals surface area (Å²) in [5.41, 5.74) is 5.60. The van der Waals surface area contributed by atoms with E-state index in [1.807, 2.05) is 18.2 Å². The molecule has 14 heteroatoms. The number of benzene rings is 2. The van der Waals surface area contributed by atoms with Crippen LogP contribution in [0.2, 0.25) is 0 Å². The molecule has 3 heterocycles. The van der Waals surface area contributed by atoms with Crippen molar-refractivity contribution in [2.75, 3.05) is 50.0 Å². The van der Waals surface area contributed by atoms with Gasteiger partial charge in [-0.15, -0.1) is 11.6 Å². The number of aromatic amines is 1. The fraction of sp³-hybridized carbons (Fsp3) is 0.532. The summed E-state index contributed by atoms with van der Waals surface area (Å²) in [6, 6.07) is 12.6. The summed E-state index contributed by atoms with van der Waals surface area (Å²) >= 11 is 6.75. The van der Waals surface area contributed by atoms with Gasteiger partial charge in [0.05, 0.1) is 28.2 Å². The lowest BCUT2D eigenvalue weighted by Gasteiger charge is -2.70. The summed E-state index contributed by atoms with van der Waals surface area (Å²) < 4.78 is 39.8. The highest BCUT2D eigenvalue weighted by atomic mass is 35.5. The Morgan fingerprint density at radius 3 is 2.48 bits per heavy atom. The Morgan fingerprint density at radius 1 is 1.00 bits per heavy atom. The van der Waals surface area contributed by atoms with Gasteiger partial charge in [0.1, 0.15) is 22.9 Å². The van der Waals surface area contributed by atoms with Crippen molar-refractivity contribution in [1.82, 2.24) is 14.9 Å². The highest BCUT2D eigenvalue weighted by Gasteiger charge is 2.69. The Balaban J connectivity index is 0.852. The lowest BCUT2D eigenvalue weighted by molar-refractivity contribution is -0.386. The van der Waals surface area contributed by atoms with Crippen LogP contribution >= 0.6 is 11.6 Å². The maximum absolute atomic E-state index is 14.0.